The second kappa shape index (κ2) is 8.71. The fourth-order valence-corrected chi connectivity index (χ4v) is 4.45. The number of hydrogen-bond donors (Lipinski definition) is 1. The molecule has 29 heavy (non-hydrogen) atoms. The molecule has 9 heteroatoms. The second-order valence-electron chi connectivity index (χ2n) is 6.44. The maximum atomic E-state index is 13.1. The molecular formula is C20H20N6OS2. The zero-order valence-electron chi connectivity index (χ0n) is 16.1. The number of thiazole rings is 1. The van der Waals surface area contributed by atoms with E-state index in [1.54, 1.807) is 18.0 Å². The van der Waals surface area contributed by atoms with Crippen LogP contribution in [0.2, 0.25) is 0 Å². The van der Waals surface area contributed by atoms with Crippen molar-refractivity contribution >= 4 is 34.7 Å². The number of hydrogen-bond acceptors (Lipinski definition) is 7. The molecule has 0 saturated carbocycles. The number of pyridine rings is 2. The van der Waals surface area contributed by atoms with Crippen LogP contribution in [-0.2, 0) is 0 Å². The quantitative estimate of drug-likeness (QED) is 0.486. The van der Waals surface area contributed by atoms with Gasteiger partial charge in [-0.25, -0.2) is 4.98 Å². The molecule has 0 aliphatic rings. The van der Waals surface area contributed by atoms with Gasteiger partial charge in [0.1, 0.15) is 9.88 Å². The summed E-state index contributed by atoms with van der Waals surface area (Å²) < 4.78 is 1.92. The van der Waals surface area contributed by atoms with Crippen LogP contribution in [0.15, 0.2) is 48.8 Å². The SMILES string of the molecule is CSCCC(NC(=O)c1sc(-c2ccccn2)nc1C)c1nnc2ccccn12. The predicted octanol–water partition coefficient (Wildman–Crippen LogP) is 3.78. The number of aromatic nitrogens is 5. The van der Waals surface area contributed by atoms with Crippen LogP contribution in [-0.4, -0.2) is 42.5 Å². The Kier molecular flexibility index (Phi) is 5.86. The molecule has 7 nitrogen and oxygen atoms in total. The lowest BCUT2D eigenvalue weighted by atomic mass is 10.2. The summed E-state index contributed by atoms with van der Waals surface area (Å²) in [5, 5.41) is 12.4. The number of rotatable bonds is 7. The Morgan fingerprint density at radius 2 is 2.10 bits per heavy atom. The highest BCUT2D eigenvalue weighted by molar-refractivity contribution is 7.98. The summed E-state index contributed by atoms with van der Waals surface area (Å²) in [7, 11) is 0. The zero-order chi connectivity index (χ0) is 20.2. The highest BCUT2D eigenvalue weighted by atomic mass is 32.2. The van der Waals surface area contributed by atoms with Gasteiger partial charge in [-0.3, -0.25) is 14.2 Å². The Morgan fingerprint density at radius 1 is 1.24 bits per heavy atom. The normalized spacial score (nSPS) is 12.2. The van der Waals surface area contributed by atoms with Crippen molar-refractivity contribution in [3.63, 3.8) is 0 Å². The van der Waals surface area contributed by atoms with E-state index in [1.165, 1.54) is 11.3 Å². The van der Waals surface area contributed by atoms with Crippen LogP contribution >= 0.6 is 23.1 Å². The Hall–Kier alpha value is -2.78. The van der Waals surface area contributed by atoms with Crippen LogP contribution in [0, 0.1) is 6.92 Å². The molecule has 4 heterocycles. The van der Waals surface area contributed by atoms with Crippen LogP contribution in [0.3, 0.4) is 0 Å². The second-order valence-corrected chi connectivity index (χ2v) is 8.43. The lowest BCUT2D eigenvalue weighted by Crippen LogP contribution is -2.30. The predicted molar refractivity (Wildman–Crippen MR) is 116 cm³/mol. The number of nitrogens with zero attached hydrogens (tertiary/aromatic N) is 5. The van der Waals surface area contributed by atoms with E-state index in [9.17, 15) is 4.79 Å². The maximum absolute atomic E-state index is 13.1. The molecule has 4 rings (SSSR count). The zero-order valence-corrected chi connectivity index (χ0v) is 17.7. The third-order valence-corrected chi connectivity index (χ3v) is 6.28. The molecular weight excluding hydrogens is 404 g/mol. The summed E-state index contributed by atoms with van der Waals surface area (Å²) in [6, 6.07) is 11.2. The lowest BCUT2D eigenvalue weighted by molar-refractivity contribution is 0.0937. The maximum Gasteiger partial charge on any atom is 0.263 e. The molecule has 0 aliphatic heterocycles. The Morgan fingerprint density at radius 3 is 2.90 bits per heavy atom. The monoisotopic (exact) mass is 424 g/mol. The van der Waals surface area contributed by atoms with Gasteiger partial charge in [0.15, 0.2) is 11.5 Å². The summed E-state index contributed by atoms with van der Waals surface area (Å²) in [5.41, 5.74) is 2.22. The van der Waals surface area contributed by atoms with Gasteiger partial charge in [0.2, 0.25) is 0 Å². The number of nitrogens with one attached hydrogen (secondary N) is 1. The molecule has 0 fully saturated rings. The summed E-state index contributed by atoms with van der Waals surface area (Å²) in [5.74, 6) is 1.48. The van der Waals surface area contributed by atoms with E-state index < -0.39 is 0 Å². The minimum Gasteiger partial charge on any atom is -0.341 e. The molecule has 0 radical (unpaired) electrons. The molecule has 0 spiro atoms. The molecule has 0 bridgehead atoms. The van der Waals surface area contributed by atoms with Gasteiger partial charge >= 0.3 is 0 Å². The largest absolute Gasteiger partial charge is 0.341 e. The molecule has 0 saturated heterocycles. The average molecular weight is 425 g/mol. The number of aryl methyl sites for hydroxylation is 1. The first-order chi connectivity index (χ1) is 14.2. The van der Waals surface area contributed by atoms with Gasteiger partial charge in [-0.05, 0) is 49.6 Å². The first-order valence-corrected chi connectivity index (χ1v) is 11.4. The highest BCUT2D eigenvalue weighted by Gasteiger charge is 2.23. The van der Waals surface area contributed by atoms with Crippen molar-refractivity contribution in [2.45, 2.75) is 19.4 Å². The Balaban J connectivity index is 1.61. The standard InChI is InChI=1S/C20H20N6OS2/c1-13-17(29-20(22-13)15-7-3-5-10-21-15)19(27)23-14(9-12-28-2)18-25-24-16-8-4-6-11-26(16)18/h3-8,10-11,14H,9,12H2,1-2H3,(H,23,27). The summed E-state index contributed by atoms with van der Waals surface area (Å²) in [6.07, 6.45) is 6.45. The first kappa shape index (κ1) is 19.5. The molecule has 1 unspecified atom stereocenters. The van der Waals surface area contributed by atoms with Crippen molar-refractivity contribution in [2.75, 3.05) is 12.0 Å². The van der Waals surface area contributed by atoms with Crippen molar-refractivity contribution in [1.82, 2.24) is 29.9 Å². The third kappa shape index (κ3) is 4.15. The number of carbonyl (C=O) groups is 1. The highest BCUT2D eigenvalue weighted by Crippen LogP contribution is 2.27. The van der Waals surface area contributed by atoms with E-state index in [1.807, 2.05) is 60.2 Å². The van der Waals surface area contributed by atoms with Gasteiger partial charge < -0.3 is 5.32 Å². The smallest absolute Gasteiger partial charge is 0.263 e. The average Bonchev–Trinajstić information content (AvgIpc) is 3.35. The van der Waals surface area contributed by atoms with Crippen LogP contribution in [0.1, 0.15) is 33.7 Å². The third-order valence-electron chi connectivity index (χ3n) is 4.45. The first-order valence-electron chi connectivity index (χ1n) is 9.15. The summed E-state index contributed by atoms with van der Waals surface area (Å²) in [4.78, 5) is 22.6. The number of amides is 1. The van der Waals surface area contributed by atoms with Crippen LogP contribution in [0.25, 0.3) is 16.3 Å². The van der Waals surface area contributed by atoms with E-state index >= 15 is 0 Å². The number of fused-ring (bicyclic) bond motifs is 1. The van der Waals surface area contributed by atoms with Gasteiger partial charge in [-0.1, -0.05) is 12.1 Å². The summed E-state index contributed by atoms with van der Waals surface area (Å²) in [6.45, 7) is 1.85. The number of thioether (sulfide) groups is 1. The van der Waals surface area contributed by atoms with Crippen molar-refractivity contribution in [3.05, 3.63) is 65.2 Å². The molecule has 148 valence electrons. The van der Waals surface area contributed by atoms with E-state index in [4.69, 9.17) is 0 Å². The fraction of sp³-hybridized carbons (Fsp3) is 0.250. The van der Waals surface area contributed by atoms with Crippen molar-refractivity contribution in [3.8, 4) is 10.7 Å². The van der Waals surface area contributed by atoms with Crippen LogP contribution in [0.4, 0.5) is 0 Å². The van der Waals surface area contributed by atoms with E-state index in [-0.39, 0.29) is 11.9 Å². The van der Waals surface area contributed by atoms with E-state index in [2.05, 4.69) is 25.5 Å². The molecule has 0 aliphatic carbocycles. The van der Waals surface area contributed by atoms with Gasteiger partial charge in [-0.2, -0.15) is 11.8 Å². The van der Waals surface area contributed by atoms with Crippen molar-refractivity contribution in [2.24, 2.45) is 0 Å². The van der Waals surface area contributed by atoms with Gasteiger partial charge in [0, 0.05) is 12.4 Å². The molecule has 1 N–H and O–H groups in total. The van der Waals surface area contributed by atoms with E-state index in [0.717, 1.165) is 34.3 Å². The van der Waals surface area contributed by atoms with Crippen molar-refractivity contribution < 1.29 is 4.79 Å². The molecule has 4 aromatic heterocycles. The Labute approximate surface area is 176 Å². The van der Waals surface area contributed by atoms with Crippen LogP contribution in [0.5, 0.6) is 0 Å². The van der Waals surface area contributed by atoms with Crippen LogP contribution < -0.4 is 5.32 Å². The van der Waals surface area contributed by atoms with Crippen molar-refractivity contribution in [1.29, 1.82) is 0 Å². The Bertz CT molecular complexity index is 1120. The van der Waals surface area contributed by atoms with Gasteiger partial charge in [0.05, 0.1) is 17.4 Å². The lowest BCUT2D eigenvalue weighted by Gasteiger charge is -2.16. The molecule has 0 aromatic carbocycles. The topological polar surface area (TPSA) is 85.1 Å². The summed E-state index contributed by atoms with van der Waals surface area (Å²) >= 11 is 3.09. The minimum atomic E-state index is -0.243. The van der Waals surface area contributed by atoms with Gasteiger partial charge in [0.25, 0.3) is 5.91 Å². The van der Waals surface area contributed by atoms with Gasteiger partial charge in [-0.15, -0.1) is 21.5 Å². The van der Waals surface area contributed by atoms with E-state index in [0.29, 0.717) is 10.6 Å². The molecule has 1 amide bonds. The minimum absolute atomic E-state index is 0.152. The fourth-order valence-electron chi connectivity index (χ4n) is 3.03. The molecule has 4 aromatic rings. The number of carbonyl (C=O) groups excluding carboxylic acids is 1. The molecule has 1 atom stereocenters.